The van der Waals surface area contributed by atoms with Gasteiger partial charge in [0, 0.05) is 5.56 Å². The number of hydrogen-bond donors (Lipinski definition) is 1. The quantitative estimate of drug-likeness (QED) is 0.641. The molecule has 0 heterocycles. The highest BCUT2D eigenvalue weighted by Crippen LogP contribution is 2.31. The van der Waals surface area contributed by atoms with Crippen molar-refractivity contribution in [3.8, 4) is 17.2 Å². The summed E-state index contributed by atoms with van der Waals surface area (Å²) in [5, 5.41) is 2.65. The molecular weight excluding hydrogens is 375 g/mol. The van der Waals surface area contributed by atoms with Crippen LogP contribution in [0.3, 0.4) is 0 Å². The van der Waals surface area contributed by atoms with Crippen molar-refractivity contribution in [2.75, 3.05) is 26.4 Å². The summed E-state index contributed by atoms with van der Waals surface area (Å²) in [6, 6.07) is 9.43. The van der Waals surface area contributed by atoms with Gasteiger partial charge in [-0.05, 0) is 50.2 Å². The van der Waals surface area contributed by atoms with Crippen molar-refractivity contribution < 1.29 is 32.2 Å². The van der Waals surface area contributed by atoms with Gasteiger partial charge in [0.1, 0.15) is 12.4 Å². The molecule has 0 fully saturated rings. The van der Waals surface area contributed by atoms with Crippen LogP contribution in [0.5, 0.6) is 17.2 Å². The van der Waals surface area contributed by atoms with Crippen molar-refractivity contribution in [2.45, 2.75) is 20.0 Å². The molecule has 2 aromatic carbocycles. The Morgan fingerprint density at radius 1 is 0.964 bits per heavy atom. The zero-order chi connectivity index (χ0) is 20.6. The molecule has 28 heavy (non-hydrogen) atoms. The third-order valence-electron chi connectivity index (χ3n) is 3.62. The summed E-state index contributed by atoms with van der Waals surface area (Å²) in [4.78, 5) is 12.3. The number of nitrogens with one attached hydrogen (secondary N) is 1. The predicted octanol–water partition coefficient (Wildman–Crippen LogP) is 4.31. The Balaban J connectivity index is 1.90. The van der Waals surface area contributed by atoms with Gasteiger partial charge in [0.05, 0.1) is 25.3 Å². The lowest BCUT2D eigenvalue weighted by Gasteiger charge is -2.13. The number of rotatable bonds is 9. The molecule has 0 aromatic heterocycles. The Bertz CT molecular complexity index is 793. The fourth-order valence-electron chi connectivity index (χ4n) is 2.39. The van der Waals surface area contributed by atoms with Crippen LogP contribution >= 0.6 is 0 Å². The molecule has 8 heteroatoms. The first-order chi connectivity index (χ1) is 13.3. The average Bonchev–Trinajstić information content (AvgIpc) is 2.66. The van der Waals surface area contributed by atoms with Gasteiger partial charge in [-0.1, -0.05) is 6.07 Å². The zero-order valence-corrected chi connectivity index (χ0v) is 15.6. The molecule has 0 aliphatic rings. The van der Waals surface area contributed by atoms with Gasteiger partial charge in [0.25, 0.3) is 5.91 Å². The van der Waals surface area contributed by atoms with E-state index in [9.17, 15) is 18.0 Å². The van der Waals surface area contributed by atoms with Gasteiger partial charge in [-0.15, -0.1) is 0 Å². The second-order valence-corrected chi connectivity index (χ2v) is 5.66. The Labute approximate surface area is 161 Å². The summed E-state index contributed by atoms with van der Waals surface area (Å²) in [5.74, 6) is 0.756. The molecule has 0 aliphatic carbocycles. The standard InChI is InChI=1S/C20H22F3NO4/c1-3-26-17-9-8-14(12-18(17)27-4-2)19(25)24-10-11-28-16-7-5-6-15(13-16)20(21,22)23/h5-9,12-13H,3-4,10-11H2,1-2H3,(H,24,25). The highest BCUT2D eigenvalue weighted by Gasteiger charge is 2.30. The monoisotopic (exact) mass is 397 g/mol. The maximum atomic E-state index is 12.7. The van der Waals surface area contributed by atoms with Gasteiger partial charge in [-0.3, -0.25) is 4.79 Å². The number of amides is 1. The van der Waals surface area contributed by atoms with Gasteiger partial charge in [-0.2, -0.15) is 13.2 Å². The van der Waals surface area contributed by atoms with Crippen molar-refractivity contribution in [1.82, 2.24) is 5.32 Å². The van der Waals surface area contributed by atoms with E-state index in [4.69, 9.17) is 14.2 Å². The van der Waals surface area contributed by atoms with Crippen LogP contribution in [0, 0.1) is 0 Å². The minimum absolute atomic E-state index is 0.0302. The summed E-state index contributed by atoms with van der Waals surface area (Å²) in [6.45, 7) is 4.73. The molecule has 5 nitrogen and oxygen atoms in total. The number of carbonyl (C=O) groups is 1. The summed E-state index contributed by atoms with van der Waals surface area (Å²) in [7, 11) is 0. The van der Waals surface area contributed by atoms with Gasteiger partial charge in [0.2, 0.25) is 0 Å². The first kappa shape index (κ1) is 21.4. The largest absolute Gasteiger partial charge is 0.492 e. The van der Waals surface area contributed by atoms with E-state index in [1.807, 2.05) is 13.8 Å². The number of halogens is 3. The number of ether oxygens (including phenoxy) is 3. The number of benzene rings is 2. The fourth-order valence-corrected chi connectivity index (χ4v) is 2.39. The fraction of sp³-hybridized carbons (Fsp3) is 0.350. The summed E-state index contributed by atoms with van der Waals surface area (Å²) in [5.41, 5.74) is -0.405. The molecule has 0 saturated carbocycles. The second kappa shape index (κ2) is 9.87. The van der Waals surface area contributed by atoms with Crippen LogP contribution in [0.15, 0.2) is 42.5 Å². The van der Waals surface area contributed by atoms with E-state index in [0.29, 0.717) is 30.3 Å². The van der Waals surface area contributed by atoms with Gasteiger partial charge in [-0.25, -0.2) is 0 Å². The van der Waals surface area contributed by atoms with Crippen LogP contribution < -0.4 is 19.5 Å². The van der Waals surface area contributed by atoms with E-state index in [2.05, 4.69) is 5.32 Å². The van der Waals surface area contributed by atoms with Crippen LogP contribution in [0.4, 0.5) is 13.2 Å². The highest BCUT2D eigenvalue weighted by molar-refractivity contribution is 5.94. The minimum Gasteiger partial charge on any atom is -0.492 e. The molecule has 0 bridgehead atoms. The third-order valence-corrected chi connectivity index (χ3v) is 3.62. The highest BCUT2D eigenvalue weighted by atomic mass is 19.4. The Hall–Kier alpha value is -2.90. The molecule has 0 atom stereocenters. The molecule has 1 N–H and O–H groups in total. The van der Waals surface area contributed by atoms with E-state index < -0.39 is 11.7 Å². The number of alkyl halides is 3. The molecule has 0 unspecified atom stereocenters. The number of hydrogen-bond acceptors (Lipinski definition) is 4. The lowest BCUT2D eigenvalue weighted by atomic mass is 10.2. The van der Waals surface area contributed by atoms with Crippen molar-refractivity contribution >= 4 is 5.91 Å². The van der Waals surface area contributed by atoms with Gasteiger partial charge >= 0.3 is 6.18 Å². The van der Waals surface area contributed by atoms with Crippen molar-refractivity contribution in [1.29, 1.82) is 0 Å². The van der Waals surface area contributed by atoms with Crippen LogP contribution in [-0.4, -0.2) is 32.3 Å². The summed E-state index contributed by atoms with van der Waals surface area (Å²) in [6.07, 6.45) is -4.43. The van der Waals surface area contributed by atoms with Crippen LogP contribution in [0.2, 0.25) is 0 Å². The molecule has 0 spiro atoms. The van der Waals surface area contributed by atoms with Crippen LogP contribution in [-0.2, 0) is 6.18 Å². The van der Waals surface area contributed by atoms with E-state index in [1.54, 1.807) is 18.2 Å². The molecule has 1 amide bonds. The Kier molecular flexibility index (Phi) is 7.54. The molecule has 2 aromatic rings. The van der Waals surface area contributed by atoms with Crippen LogP contribution in [0.1, 0.15) is 29.8 Å². The van der Waals surface area contributed by atoms with Gasteiger partial charge in [0.15, 0.2) is 11.5 Å². The predicted molar refractivity (Wildman–Crippen MR) is 98.1 cm³/mol. The molecule has 0 aliphatic heterocycles. The second-order valence-electron chi connectivity index (χ2n) is 5.66. The van der Waals surface area contributed by atoms with E-state index >= 15 is 0 Å². The van der Waals surface area contributed by atoms with Gasteiger partial charge < -0.3 is 19.5 Å². The first-order valence-corrected chi connectivity index (χ1v) is 8.83. The normalized spacial score (nSPS) is 11.0. The molecular formula is C20H22F3NO4. The Morgan fingerprint density at radius 3 is 2.36 bits per heavy atom. The Morgan fingerprint density at radius 2 is 1.68 bits per heavy atom. The van der Waals surface area contributed by atoms with E-state index in [1.165, 1.54) is 12.1 Å². The van der Waals surface area contributed by atoms with E-state index in [-0.39, 0.29) is 24.8 Å². The van der Waals surface area contributed by atoms with Crippen molar-refractivity contribution in [3.63, 3.8) is 0 Å². The lowest BCUT2D eigenvalue weighted by Crippen LogP contribution is -2.28. The third kappa shape index (κ3) is 6.07. The molecule has 152 valence electrons. The SMILES string of the molecule is CCOc1ccc(C(=O)NCCOc2cccc(C(F)(F)F)c2)cc1OCC. The molecule has 0 saturated heterocycles. The maximum absolute atomic E-state index is 12.7. The zero-order valence-electron chi connectivity index (χ0n) is 15.6. The molecule has 0 radical (unpaired) electrons. The van der Waals surface area contributed by atoms with Crippen molar-refractivity contribution in [2.24, 2.45) is 0 Å². The van der Waals surface area contributed by atoms with Crippen molar-refractivity contribution in [3.05, 3.63) is 53.6 Å². The topological polar surface area (TPSA) is 56.8 Å². The molecule has 2 rings (SSSR count). The maximum Gasteiger partial charge on any atom is 0.416 e. The summed E-state index contributed by atoms with van der Waals surface area (Å²) < 4.78 is 54.3. The minimum atomic E-state index is -4.43. The lowest BCUT2D eigenvalue weighted by molar-refractivity contribution is -0.137. The summed E-state index contributed by atoms with van der Waals surface area (Å²) >= 11 is 0. The van der Waals surface area contributed by atoms with Crippen LogP contribution in [0.25, 0.3) is 0 Å². The average molecular weight is 397 g/mol. The number of carbonyl (C=O) groups excluding carboxylic acids is 1. The first-order valence-electron chi connectivity index (χ1n) is 8.83. The smallest absolute Gasteiger partial charge is 0.416 e. The van der Waals surface area contributed by atoms with E-state index in [0.717, 1.165) is 12.1 Å².